The van der Waals surface area contributed by atoms with E-state index in [1.807, 2.05) is 30.3 Å². The predicted octanol–water partition coefficient (Wildman–Crippen LogP) is 4.47. The van der Waals surface area contributed by atoms with E-state index in [1.165, 1.54) is 10.9 Å². The van der Waals surface area contributed by atoms with Gasteiger partial charge in [0.1, 0.15) is 11.4 Å². The highest BCUT2D eigenvalue weighted by atomic mass is 16.5. The van der Waals surface area contributed by atoms with E-state index in [9.17, 15) is 4.79 Å². The van der Waals surface area contributed by atoms with E-state index in [2.05, 4.69) is 33.5 Å². The van der Waals surface area contributed by atoms with Crippen LogP contribution in [-0.2, 0) is 6.42 Å². The topological polar surface area (TPSA) is 69.9 Å². The maximum Gasteiger partial charge on any atom is 0.268 e. The predicted molar refractivity (Wildman–Crippen MR) is 106 cm³/mol. The van der Waals surface area contributed by atoms with E-state index in [1.54, 1.807) is 7.11 Å². The number of hydrogen-bond donors (Lipinski definition) is 3. The molecule has 1 aliphatic rings. The van der Waals surface area contributed by atoms with Gasteiger partial charge in [0.15, 0.2) is 0 Å². The van der Waals surface area contributed by atoms with Gasteiger partial charge in [-0.15, -0.1) is 0 Å². The van der Waals surface area contributed by atoms with Crippen molar-refractivity contribution in [2.75, 3.05) is 7.11 Å². The monoisotopic (exact) mass is 359 g/mol. The lowest BCUT2D eigenvalue weighted by Gasteiger charge is -2.23. The molecule has 0 saturated heterocycles. The lowest BCUT2D eigenvalue weighted by Crippen LogP contribution is -2.31. The quantitative estimate of drug-likeness (QED) is 0.505. The van der Waals surface area contributed by atoms with Gasteiger partial charge in [0.05, 0.1) is 13.2 Å². The molecule has 5 heteroatoms. The summed E-state index contributed by atoms with van der Waals surface area (Å²) >= 11 is 0. The number of aromatic amines is 2. The van der Waals surface area contributed by atoms with Crippen molar-refractivity contribution in [1.29, 1.82) is 0 Å². The number of nitrogens with one attached hydrogen (secondary N) is 3. The molecule has 2 aromatic heterocycles. The average molecular weight is 359 g/mol. The molecule has 5 rings (SSSR count). The molecule has 0 spiro atoms. The number of benzene rings is 2. The maximum atomic E-state index is 12.9. The second-order valence-corrected chi connectivity index (χ2v) is 7.09. The second kappa shape index (κ2) is 6.20. The third kappa shape index (κ3) is 2.58. The molecule has 0 radical (unpaired) electrons. The molecule has 0 aliphatic heterocycles. The van der Waals surface area contributed by atoms with Crippen LogP contribution in [0.15, 0.2) is 48.5 Å². The van der Waals surface area contributed by atoms with Crippen LogP contribution in [-0.4, -0.2) is 23.0 Å². The number of fused-ring (bicyclic) bond motifs is 4. The number of ether oxygens (including phenoxy) is 1. The third-order valence-corrected chi connectivity index (χ3v) is 5.51. The third-order valence-electron chi connectivity index (χ3n) is 5.51. The highest BCUT2D eigenvalue weighted by Gasteiger charge is 2.26. The summed E-state index contributed by atoms with van der Waals surface area (Å²) in [6.07, 6.45) is 3.06. The summed E-state index contributed by atoms with van der Waals surface area (Å²) in [7, 11) is 1.64. The first kappa shape index (κ1) is 16.0. The first-order chi connectivity index (χ1) is 13.2. The molecule has 136 valence electrons. The number of rotatable bonds is 3. The number of carbonyl (C=O) groups is 1. The van der Waals surface area contributed by atoms with Crippen LogP contribution in [0.5, 0.6) is 5.75 Å². The zero-order chi connectivity index (χ0) is 18.4. The van der Waals surface area contributed by atoms with Gasteiger partial charge in [-0.2, -0.15) is 0 Å². The summed E-state index contributed by atoms with van der Waals surface area (Å²) in [5.41, 5.74) is 5.07. The highest BCUT2D eigenvalue weighted by Crippen LogP contribution is 2.35. The fourth-order valence-electron chi connectivity index (χ4n) is 4.22. The van der Waals surface area contributed by atoms with Crippen LogP contribution in [0.4, 0.5) is 0 Å². The van der Waals surface area contributed by atoms with Crippen LogP contribution < -0.4 is 10.1 Å². The van der Waals surface area contributed by atoms with E-state index in [-0.39, 0.29) is 11.9 Å². The minimum Gasteiger partial charge on any atom is -0.496 e. The van der Waals surface area contributed by atoms with Crippen molar-refractivity contribution in [3.8, 4) is 5.75 Å². The Labute approximate surface area is 156 Å². The zero-order valence-electron chi connectivity index (χ0n) is 15.1. The zero-order valence-corrected chi connectivity index (χ0v) is 15.1. The first-order valence-electron chi connectivity index (χ1n) is 9.30. The summed E-state index contributed by atoms with van der Waals surface area (Å²) in [5.74, 6) is 0.670. The number of amides is 1. The minimum atomic E-state index is -0.0928. The van der Waals surface area contributed by atoms with E-state index in [0.29, 0.717) is 5.69 Å². The fraction of sp³-hybridized carbons (Fsp3) is 0.227. The smallest absolute Gasteiger partial charge is 0.268 e. The standard InChI is InChI=1S/C22H21N3O2/c1-27-20-11-5-9-17-15(20)12-19(23-17)22(26)25-18-10-4-7-14-13-6-2-3-8-16(13)24-21(14)18/h2-3,5-6,8-9,11-12,18,23-24H,4,7,10H2,1H3,(H,25,26)/t18-/m0/s1. The number of aryl methyl sites for hydroxylation is 1. The number of methoxy groups -OCH3 is 1. The van der Waals surface area contributed by atoms with Crippen molar-refractivity contribution >= 4 is 27.7 Å². The van der Waals surface area contributed by atoms with Gasteiger partial charge in [-0.25, -0.2) is 0 Å². The Morgan fingerprint density at radius 2 is 1.89 bits per heavy atom. The van der Waals surface area contributed by atoms with Gasteiger partial charge in [-0.3, -0.25) is 4.79 Å². The normalized spacial score (nSPS) is 16.4. The lowest BCUT2D eigenvalue weighted by atomic mass is 9.91. The summed E-state index contributed by atoms with van der Waals surface area (Å²) in [6.45, 7) is 0. The van der Waals surface area contributed by atoms with E-state index in [4.69, 9.17) is 4.74 Å². The molecule has 0 bridgehead atoms. The maximum absolute atomic E-state index is 12.9. The molecule has 0 unspecified atom stereocenters. The van der Waals surface area contributed by atoms with Crippen molar-refractivity contribution in [2.45, 2.75) is 25.3 Å². The number of aromatic nitrogens is 2. The molecule has 27 heavy (non-hydrogen) atoms. The lowest BCUT2D eigenvalue weighted by molar-refractivity contribution is 0.0927. The summed E-state index contributed by atoms with van der Waals surface area (Å²) in [5, 5.41) is 5.39. The van der Waals surface area contributed by atoms with Gasteiger partial charge in [0.25, 0.3) is 5.91 Å². The molecule has 3 N–H and O–H groups in total. The van der Waals surface area contributed by atoms with E-state index in [0.717, 1.165) is 47.1 Å². The van der Waals surface area contributed by atoms with Crippen molar-refractivity contribution in [1.82, 2.24) is 15.3 Å². The first-order valence-corrected chi connectivity index (χ1v) is 9.30. The number of hydrogen-bond acceptors (Lipinski definition) is 2. The van der Waals surface area contributed by atoms with Crippen LogP contribution in [0.2, 0.25) is 0 Å². The molecule has 1 amide bonds. The Morgan fingerprint density at radius 3 is 2.78 bits per heavy atom. The molecule has 5 nitrogen and oxygen atoms in total. The van der Waals surface area contributed by atoms with E-state index >= 15 is 0 Å². The molecule has 0 fully saturated rings. The molecular formula is C22H21N3O2. The van der Waals surface area contributed by atoms with Gasteiger partial charge in [-0.1, -0.05) is 24.3 Å². The molecule has 1 atom stereocenters. The Balaban J connectivity index is 1.47. The Hall–Kier alpha value is -3.21. The summed E-state index contributed by atoms with van der Waals surface area (Å²) in [4.78, 5) is 19.6. The Bertz CT molecular complexity index is 1160. The largest absolute Gasteiger partial charge is 0.496 e. The van der Waals surface area contributed by atoms with Crippen LogP contribution in [0.1, 0.15) is 40.6 Å². The van der Waals surface area contributed by atoms with Gasteiger partial charge in [0, 0.05) is 27.5 Å². The van der Waals surface area contributed by atoms with Crippen molar-refractivity contribution in [2.24, 2.45) is 0 Å². The summed E-state index contributed by atoms with van der Waals surface area (Å²) in [6, 6.07) is 16.0. The molecule has 2 heterocycles. The second-order valence-electron chi connectivity index (χ2n) is 7.09. The average Bonchev–Trinajstić information content (AvgIpc) is 3.30. The van der Waals surface area contributed by atoms with Gasteiger partial charge >= 0.3 is 0 Å². The molecular weight excluding hydrogens is 338 g/mol. The van der Waals surface area contributed by atoms with Crippen molar-refractivity contribution < 1.29 is 9.53 Å². The fourth-order valence-corrected chi connectivity index (χ4v) is 4.22. The molecule has 1 aliphatic carbocycles. The van der Waals surface area contributed by atoms with Crippen LogP contribution in [0.25, 0.3) is 21.8 Å². The SMILES string of the molecule is COc1cccc2[nH]c(C(=O)N[C@H]3CCCc4c3[nH]c3ccccc43)cc12. The van der Waals surface area contributed by atoms with Crippen molar-refractivity contribution in [3.63, 3.8) is 0 Å². The van der Waals surface area contributed by atoms with Crippen LogP contribution in [0, 0.1) is 0 Å². The number of carbonyl (C=O) groups excluding carboxylic acids is 1. The van der Waals surface area contributed by atoms with Crippen LogP contribution >= 0.6 is 0 Å². The van der Waals surface area contributed by atoms with Gasteiger partial charge < -0.3 is 20.0 Å². The van der Waals surface area contributed by atoms with Crippen molar-refractivity contribution in [3.05, 3.63) is 65.5 Å². The summed E-state index contributed by atoms with van der Waals surface area (Å²) < 4.78 is 5.39. The van der Waals surface area contributed by atoms with Gasteiger partial charge in [0.2, 0.25) is 0 Å². The van der Waals surface area contributed by atoms with Crippen LogP contribution in [0.3, 0.4) is 0 Å². The highest BCUT2D eigenvalue weighted by molar-refractivity contribution is 6.00. The Kier molecular flexibility index (Phi) is 3.67. The number of H-pyrrole nitrogens is 2. The molecule has 4 aromatic rings. The number of para-hydroxylation sites is 1. The minimum absolute atomic E-state index is 0.00181. The Morgan fingerprint density at radius 1 is 1.07 bits per heavy atom. The van der Waals surface area contributed by atoms with E-state index < -0.39 is 0 Å². The molecule has 0 saturated carbocycles. The van der Waals surface area contributed by atoms with Gasteiger partial charge in [-0.05, 0) is 49.1 Å². The molecule has 2 aromatic carbocycles.